The molecule has 0 fully saturated rings. The second-order valence-corrected chi connectivity index (χ2v) is 7.35. The zero-order valence-electron chi connectivity index (χ0n) is 11.0. The first-order valence-electron chi connectivity index (χ1n) is 6.17. The molecule has 0 bridgehead atoms. The molecule has 0 aliphatic rings. The molecule has 0 aromatic heterocycles. The zero-order valence-corrected chi connectivity index (χ0v) is 15.8. The number of halogens is 3. The lowest BCUT2D eigenvalue weighted by molar-refractivity contribution is 1.12. The second kappa shape index (κ2) is 8.93. The van der Waals surface area contributed by atoms with Gasteiger partial charge in [-0.25, -0.2) is 0 Å². The molecule has 0 saturated carbocycles. The first-order valence-corrected chi connectivity index (χ1v) is 8.67. The molecule has 0 saturated heterocycles. The van der Waals surface area contributed by atoms with Crippen LogP contribution >= 0.6 is 47.8 Å². The van der Waals surface area contributed by atoms with Gasteiger partial charge in [0.25, 0.3) is 0 Å². The van der Waals surface area contributed by atoms with Crippen molar-refractivity contribution in [3.63, 3.8) is 0 Å². The van der Waals surface area contributed by atoms with E-state index < -0.39 is 0 Å². The van der Waals surface area contributed by atoms with Gasteiger partial charge in [0.15, 0.2) is 0 Å². The van der Waals surface area contributed by atoms with E-state index in [1.807, 2.05) is 12.1 Å². The molecule has 1 unspecified atom stereocenters. The van der Waals surface area contributed by atoms with Crippen LogP contribution in [-0.4, -0.2) is 0 Å². The van der Waals surface area contributed by atoms with Crippen molar-refractivity contribution in [2.45, 2.75) is 25.1 Å². The Labute approximate surface area is 141 Å². The van der Waals surface area contributed by atoms with E-state index in [4.69, 9.17) is 0 Å². The summed E-state index contributed by atoms with van der Waals surface area (Å²) in [6, 6.07) is 16.7. The van der Waals surface area contributed by atoms with E-state index in [9.17, 15) is 0 Å². The van der Waals surface area contributed by atoms with E-state index in [-0.39, 0.29) is 0 Å². The van der Waals surface area contributed by atoms with Gasteiger partial charge in [-0.3, -0.25) is 0 Å². The highest BCUT2D eigenvalue weighted by Crippen LogP contribution is 2.22. The molecule has 2 aromatic rings. The van der Waals surface area contributed by atoms with E-state index >= 15 is 0 Å². The van der Waals surface area contributed by atoms with E-state index in [0.29, 0.717) is 4.83 Å². The molecule has 0 spiro atoms. The van der Waals surface area contributed by atoms with Gasteiger partial charge in [0.05, 0.1) is 0 Å². The molecule has 3 heteroatoms. The minimum absolute atomic E-state index is 0.445. The largest absolute Gasteiger partial charge is 0.0842 e. The van der Waals surface area contributed by atoms with Gasteiger partial charge in [-0.05, 0) is 48.7 Å². The third-order valence-electron chi connectivity index (χ3n) is 2.65. The van der Waals surface area contributed by atoms with Gasteiger partial charge in [-0.2, -0.15) is 0 Å². The van der Waals surface area contributed by atoms with Crippen molar-refractivity contribution >= 4 is 47.8 Å². The molecule has 0 aliphatic heterocycles. The molecular formula is C16H17Br3. The predicted molar refractivity (Wildman–Crippen MR) is 95.0 cm³/mol. The van der Waals surface area contributed by atoms with Gasteiger partial charge >= 0.3 is 0 Å². The summed E-state index contributed by atoms with van der Waals surface area (Å²) in [6.45, 7) is 4.27. The van der Waals surface area contributed by atoms with Crippen LogP contribution < -0.4 is 0 Å². The van der Waals surface area contributed by atoms with Gasteiger partial charge < -0.3 is 0 Å². The Morgan fingerprint density at radius 3 is 1.63 bits per heavy atom. The van der Waals surface area contributed by atoms with Gasteiger partial charge in [-0.15, -0.1) is 0 Å². The van der Waals surface area contributed by atoms with E-state index in [1.165, 1.54) is 11.1 Å². The third kappa shape index (κ3) is 6.73. The first kappa shape index (κ1) is 16.9. The quantitative estimate of drug-likeness (QED) is 0.437. The van der Waals surface area contributed by atoms with E-state index in [1.54, 1.807) is 0 Å². The maximum Gasteiger partial charge on any atom is 0.0367 e. The summed E-state index contributed by atoms with van der Waals surface area (Å²) in [6.07, 6.45) is 1.12. The Kier molecular flexibility index (Phi) is 7.96. The van der Waals surface area contributed by atoms with E-state index in [2.05, 4.69) is 98.0 Å². The Bertz CT molecular complexity index is 472. The highest BCUT2D eigenvalue weighted by atomic mass is 79.9. The molecule has 2 rings (SSSR count). The van der Waals surface area contributed by atoms with E-state index in [0.717, 1.165) is 15.4 Å². The molecule has 0 heterocycles. The molecule has 1 atom stereocenters. The average Bonchev–Trinajstić information content (AvgIpc) is 2.41. The lowest BCUT2D eigenvalue weighted by atomic mass is 10.2. The van der Waals surface area contributed by atoms with Crippen LogP contribution in [0.25, 0.3) is 0 Å². The Hall–Kier alpha value is -0.120. The molecule has 0 aliphatic carbocycles. The third-order valence-corrected chi connectivity index (χ3v) is 4.24. The SMILES string of the molecule is CC(Br)c1ccc(Br)cc1.CCc1ccc(Br)cc1. The fourth-order valence-electron chi connectivity index (χ4n) is 1.45. The summed E-state index contributed by atoms with van der Waals surface area (Å²) in [5, 5.41) is 0. The molecule has 0 nitrogen and oxygen atoms in total. The van der Waals surface area contributed by atoms with Crippen molar-refractivity contribution in [2.24, 2.45) is 0 Å². The fourth-order valence-corrected chi connectivity index (χ4v) is 2.28. The van der Waals surface area contributed by atoms with Crippen LogP contribution in [0.1, 0.15) is 29.8 Å². The Balaban J connectivity index is 0.000000191. The van der Waals surface area contributed by atoms with Crippen molar-refractivity contribution < 1.29 is 0 Å². The summed E-state index contributed by atoms with van der Waals surface area (Å²) in [5.74, 6) is 0. The molecule has 0 amide bonds. The van der Waals surface area contributed by atoms with Crippen molar-refractivity contribution in [3.8, 4) is 0 Å². The van der Waals surface area contributed by atoms with Crippen LogP contribution in [0.5, 0.6) is 0 Å². The maximum atomic E-state index is 3.49. The van der Waals surface area contributed by atoms with Crippen LogP contribution in [0.15, 0.2) is 57.5 Å². The van der Waals surface area contributed by atoms with Crippen LogP contribution in [0.4, 0.5) is 0 Å². The summed E-state index contributed by atoms with van der Waals surface area (Å²) >= 11 is 10.2. The van der Waals surface area contributed by atoms with Gasteiger partial charge in [0.1, 0.15) is 0 Å². The Morgan fingerprint density at radius 2 is 1.26 bits per heavy atom. The minimum atomic E-state index is 0.445. The number of rotatable bonds is 2. The standard InChI is InChI=1S/C8H8Br2.C8H9Br/c1-6(9)7-2-4-8(10)5-3-7;1-2-7-3-5-8(9)6-4-7/h2-6H,1H3;3-6H,2H2,1H3. The van der Waals surface area contributed by atoms with Gasteiger partial charge in [0, 0.05) is 13.8 Å². The molecule has 0 radical (unpaired) electrons. The van der Waals surface area contributed by atoms with Crippen LogP contribution in [0.2, 0.25) is 0 Å². The number of hydrogen-bond acceptors (Lipinski definition) is 0. The second-order valence-electron chi connectivity index (χ2n) is 4.15. The monoisotopic (exact) mass is 446 g/mol. The molecule has 19 heavy (non-hydrogen) atoms. The maximum absolute atomic E-state index is 3.49. The fraction of sp³-hybridized carbons (Fsp3) is 0.250. The number of alkyl halides is 1. The summed E-state index contributed by atoms with van der Waals surface area (Å²) in [7, 11) is 0. The van der Waals surface area contributed by atoms with Crippen LogP contribution in [-0.2, 0) is 6.42 Å². The number of hydrogen-bond donors (Lipinski definition) is 0. The average molecular weight is 449 g/mol. The van der Waals surface area contributed by atoms with Crippen LogP contribution in [0, 0.1) is 0 Å². The smallest absolute Gasteiger partial charge is 0.0367 e. The van der Waals surface area contributed by atoms with Crippen molar-refractivity contribution in [1.29, 1.82) is 0 Å². The Morgan fingerprint density at radius 1 is 0.842 bits per heavy atom. The minimum Gasteiger partial charge on any atom is -0.0842 e. The topological polar surface area (TPSA) is 0 Å². The predicted octanol–water partition coefficient (Wildman–Crippen LogP) is 6.92. The van der Waals surface area contributed by atoms with Crippen molar-refractivity contribution in [3.05, 3.63) is 68.6 Å². The molecule has 102 valence electrons. The van der Waals surface area contributed by atoms with Crippen LogP contribution in [0.3, 0.4) is 0 Å². The van der Waals surface area contributed by atoms with Gasteiger partial charge in [-0.1, -0.05) is 79.0 Å². The summed E-state index contributed by atoms with van der Waals surface area (Å²) < 4.78 is 2.28. The van der Waals surface area contributed by atoms with Gasteiger partial charge in [0.2, 0.25) is 0 Å². The summed E-state index contributed by atoms with van der Waals surface area (Å²) in [5.41, 5.74) is 2.70. The zero-order chi connectivity index (χ0) is 14.3. The molecular weight excluding hydrogens is 432 g/mol. The lowest BCUT2D eigenvalue weighted by Gasteiger charge is -2.01. The van der Waals surface area contributed by atoms with Crippen molar-refractivity contribution in [2.75, 3.05) is 0 Å². The van der Waals surface area contributed by atoms with Crippen molar-refractivity contribution in [1.82, 2.24) is 0 Å². The molecule has 2 aromatic carbocycles. The highest BCUT2D eigenvalue weighted by Gasteiger charge is 1.97. The number of aryl methyl sites for hydroxylation is 1. The number of benzene rings is 2. The lowest BCUT2D eigenvalue weighted by Crippen LogP contribution is -1.80. The highest BCUT2D eigenvalue weighted by molar-refractivity contribution is 9.10. The normalized spacial score (nSPS) is 11.4. The summed E-state index contributed by atoms with van der Waals surface area (Å²) in [4.78, 5) is 0.445. The first-order chi connectivity index (χ1) is 9.02. The molecule has 0 N–H and O–H groups in total.